The van der Waals surface area contributed by atoms with Crippen LogP contribution in [0.5, 0.6) is 5.75 Å². The summed E-state index contributed by atoms with van der Waals surface area (Å²) in [5.41, 5.74) is 1.36. The quantitative estimate of drug-likeness (QED) is 0.704. The van der Waals surface area contributed by atoms with E-state index in [9.17, 15) is 14.4 Å². The molecular formula is C19H15N3O4S. The van der Waals surface area contributed by atoms with E-state index in [1.54, 1.807) is 30.3 Å². The number of hydrogen-bond acceptors (Lipinski definition) is 6. The average molecular weight is 381 g/mol. The molecule has 2 heterocycles. The van der Waals surface area contributed by atoms with Gasteiger partial charge in [0, 0.05) is 0 Å². The van der Waals surface area contributed by atoms with Crippen molar-refractivity contribution in [2.24, 2.45) is 0 Å². The fourth-order valence-corrected chi connectivity index (χ4v) is 3.68. The first-order valence-electron chi connectivity index (χ1n) is 8.29. The molecule has 0 aliphatic carbocycles. The second kappa shape index (κ2) is 7.24. The Morgan fingerprint density at radius 1 is 1.04 bits per heavy atom. The number of hydrogen-bond donors (Lipinski definition) is 2. The molecule has 1 fully saturated rings. The number of rotatable bonds is 5. The van der Waals surface area contributed by atoms with Gasteiger partial charge in [-0.25, -0.2) is 4.98 Å². The van der Waals surface area contributed by atoms with Crippen molar-refractivity contribution in [3.8, 4) is 5.75 Å². The Hall–Kier alpha value is -3.13. The predicted octanol–water partition coefficient (Wildman–Crippen LogP) is 2.40. The molecule has 1 aliphatic heterocycles. The molecule has 0 saturated carbocycles. The second-order valence-corrected chi connectivity index (χ2v) is 7.23. The van der Waals surface area contributed by atoms with E-state index in [0.29, 0.717) is 28.9 Å². The van der Waals surface area contributed by atoms with Gasteiger partial charge in [-0.1, -0.05) is 36.0 Å². The van der Waals surface area contributed by atoms with Crippen LogP contribution >= 0.6 is 11.8 Å². The first kappa shape index (κ1) is 17.3. The fraction of sp³-hybridized carbons (Fsp3) is 0.158. The third kappa shape index (κ3) is 3.85. The lowest BCUT2D eigenvalue weighted by Gasteiger charge is -2.09. The molecule has 2 N–H and O–H groups in total. The second-order valence-electron chi connectivity index (χ2n) is 6.05. The summed E-state index contributed by atoms with van der Waals surface area (Å²) in [6.07, 6.45) is 0.474. The molecule has 0 spiro atoms. The number of nitrogens with zero attached hydrogens (tertiary/aromatic N) is 1. The fourth-order valence-electron chi connectivity index (χ4n) is 2.82. The Morgan fingerprint density at radius 2 is 1.81 bits per heavy atom. The van der Waals surface area contributed by atoms with Gasteiger partial charge in [-0.2, -0.15) is 0 Å². The molecule has 2 aromatic carbocycles. The smallest absolute Gasteiger partial charge is 0.286 e. The largest absolute Gasteiger partial charge is 0.486 e. The number of thioether (sulfide) groups is 1. The van der Waals surface area contributed by atoms with Gasteiger partial charge in [0.1, 0.15) is 18.2 Å². The predicted molar refractivity (Wildman–Crippen MR) is 102 cm³/mol. The highest BCUT2D eigenvalue weighted by Gasteiger charge is 2.31. The molecule has 1 aliphatic rings. The van der Waals surface area contributed by atoms with Crippen molar-refractivity contribution in [3.05, 3.63) is 70.3 Å². The molecule has 27 heavy (non-hydrogen) atoms. The number of carbonyl (C=O) groups excluding carboxylic acids is 2. The molecule has 136 valence electrons. The topological polar surface area (TPSA) is 101 Å². The normalized spacial score (nSPS) is 16.5. The van der Waals surface area contributed by atoms with E-state index in [1.807, 2.05) is 18.2 Å². The Balaban J connectivity index is 1.41. The SMILES string of the molecule is O=C1NC(=O)[C@H](Cc2ccc(OCc3nc4ccccc4c(=O)[nH]3)cc2)S1. The molecule has 1 aromatic heterocycles. The van der Waals surface area contributed by atoms with Gasteiger partial charge in [0.05, 0.1) is 16.2 Å². The first-order chi connectivity index (χ1) is 13.1. The third-order valence-corrected chi connectivity index (χ3v) is 5.13. The van der Waals surface area contributed by atoms with Crippen LogP contribution in [0, 0.1) is 0 Å². The molecule has 0 bridgehead atoms. The molecule has 8 heteroatoms. The Kier molecular flexibility index (Phi) is 4.64. The first-order valence-corrected chi connectivity index (χ1v) is 9.17. The number of carbonyl (C=O) groups is 2. The van der Waals surface area contributed by atoms with Gasteiger partial charge in [0.2, 0.25) is 5.91 Å². The molecule has 0 unspecified atom stereocenters. The molecule has 1 saturated heterocycles. The van der Waals surface area contributed by atoms with Crippen molar-refractivity contribution in [3.63, 3.8) is 0 Å². The zero-order valence-corrected chi connectivity index (χ0v) is 14.9. The minimum atomic E-state index is -0.392. The molecule has 0 radical (unpaired) electrons. The summed E-state index contributed by atoms with van der Waals surface area (Å²) in [5, 5.41) is 2.12. The van der Waals surface area contributed by atoms with E-state index >= 15 is 0 Å². The van der Waals surface area contributed by atoms with Gasteiger partial charge in [0.15, 0.2) is 0 Å². The minimum absolute atomic E-state index is 0.134. The summed E-state index contributed by atoms with van der Waals surface area (Å²) < 4.78 is 5.69. The zero-order chi connectivity index (χ0) is 18.8. The lowest BCUT2D eigenvalue weighted by molar-refractivity contribution is -0.118. The Bertz CT molecular complexity index is 1080. The number of imide groups is 1. The Morgan fingerprint density at radius 3 is 2.56 bits per heavy atom. The van der Waals surface area contributed by atoms with E-state index < -0.39 is 5.25 Å². The van der Waals surface area contributed by atoms with Crippen molar-refractivity contribution in [2.45, 2.75) is 18.3 Å². The number of aromatic amines is 1. The number of nitrogens with one attached hydrogen (secondary N) is 2. The maximum absolute atomic E-state index is 12.1. The van der Waals surface area contributed by atoms with Gasteiger partial charge in [-0.3, -0.25) is 19.7 Å². The van der Waals surface area contributed by atoms with Crippen LogP contribution in [0.4, 0.5) is 4.79 Å². The van der Waals surface area contributed by atoms with Crippen LogP contribution in [0.15, 0.2) is 53.3 Å². The molecular weight excluding hydrogens is 366 g/mol. The van der Waals surface area contributed by atoms with E-state index in [-0.39, 0.29) is 23.3 Å². The van der Waals surface area contributed by atoms with Crippen molar-refractivity contribution < 1.29 is 14.3 Å². The average Bonchev–Trinajstić information content (AvgIpc) is 2.98. The molecule has 7 nitrogen and oxygen atoms in total. The lowest BCUT2D eigenvalue weighted by atomic mass is 10.1. The maximum Gasteiger partial charge on any atom is 0.286 e. The number of ether oxygens (including phenoxy) is 1. The van der Waals surface area contributed by atoms with Crippen LogP contribution < -0.4 is 15.6 Å². The van der Waals surface area contributed by atoms with Crippen molar-refractivity contribution in [1.29, 1.82) is 0 Å². The van der Waals surface area contributed by atoms with Gasteiger partial charge >= 0.3 is 0 Å². The van der Waals surface area contributed by atoms with E-state index in [0.717, 1.165) is 17.3 Å². The number of fused-ring (bicyclic) bond motifs is 1. The highest BCUT2D eigenvalue weighted by Crippen LogP contribution is 2.24. The van der Waals surface area contributed by atoms with Gasteiger partial charge in [-0.15, -0.1) is 0 Å². The monoisotopic (exact) mass is 381 g/mol. The van der Waals surface area contributed by atoms with Gasteiger partial charge in [-0.05, 0) is 36.2 Å². The molecule has 3 aromatic rings. The highest BCUT2D eigenvalue weighted by atomic mass is 32.2. The number of benzene rings is 2. The van der Waals surface area contributed by atoms with Crippen LogP contribution in [-0.4, -0.2) is 26.4 Å². The van der Waals surface area contributed by atoms with Crippen LogP contribution in [0.2, 0.25) is 0 Å². The summed E-state index contributed by atoms with van der Waals surface area (Å²) in [5.74, 6) is 0.811. The number of H-pyrrole nitrogens is 1. The van der Waals surface area contributed by atoms with Crippen molar-refractivity contribution in [1.82, 2.24) is 15.3 Å². The highest BCUT2D eigenvalue weighted by molar-refractivity contribution is 8.15. The summed E-state index contributed by atoms with van der Waals surface area (Å²) in [6.45, 7) is 0.134. The zero-order valence-electron chi connectivity index (χ0n) is 14.1. The summed E-state index contributed by atoms with van der Waals surface area (Å²) in [6, 6.07) is 14.4. The number of aromatic nitrogens is 2. The molecule has 1 atom stereocenters. The summed E-state index contributed by atoms with van der Waals surface area (Å²) >= 11 is 1.01. The Labute approximate surface area is 158 Å². The van der Waals surface area contributed by atoms with Gasteiger partial charge < -0.3 is 9.72 Å². The van der Waals surface area contributed by atoms with Crippen molar-refractivity contribution in [2.75, 3.05) is 0 Å². The minimum Gasteiger partial charge on any atom is -0.486 e. The van der Waals surface area contributed by atoms with Gasteiger partial charge in [0.25, 0.3) is 10.8 Å². The summed E-state index contributed by atoms with van der Waals surface area (Å²) in [4.78, 5) is 42.0. The standard InChI is InChI=1S/C19H15N3O4S/c23-17-13-3-1-2-4-14(13)20-16(21-17)10-26-12-7-5-11(6-8-12)9-15-18(24)22-19(25)27-15/h1-8,15H,9-10H2,(H,20,21,23)(H,22,24,25)/t15-/m0/s1. The number of amides is 2. The van der Waals surface area contributed by atoms with E-state index in [1.165, 1.54) is 0 Å². The lowest BCUT2D eigenvalue weighted by Crippen LogP contribution is -2.25. The molecule has 4 rings (SSSR count). The van der Waals surface area contributed by atoms with Crippen LogP contribution in [0.25, 0.3) is 10.9 Å². The number of para-hydroxylation sites is 1. The van der Waals surface area contributed by atoms with Crippen molar-refractivity contribution >= 4 is 33.8 Å². The van der Waals surface area contributed by atoms with Crippen LogP contribution in [0.1, 0.15) is 11.4 Å². The van der Waals surface area contributed by atoms with Crippen LogP contribution in [0.3, 0.4) is 0 Å². The van der Waals surface area contributed by atoms with Crippen LogP contribution in [-0.2, 0) is 17.8 Å². The maximum atomic E-state index is 12.1. The van der Waals surface area contributed by atoms with E-state index in [4.69, 9.17) is 4.74 Å². The summed E-state index contributed by atoms with van der Waals surface area (Å²) in [7, 11) is 0. The molecule has 2 amide bonds. The third-order valence-electron chi connectivity index (χ3n) is 4.15. The van der Waals surface area contributed by atoms with E-state index in [2.05, 4.69) is 15.3 Å².